The molecular formula is C17H32. The van der Waals surface area contributed by atoms with Gasteiger partial charge in [-0.05, 0) is 36.8 Å². The summed E-state index contributed by atoms with van der Waals surface area (Å²) in [5.74, 6) is 0.797. The number of hydrogen-bond donors (Lipinski definition) is 0. The van der Waals surface area contributed by atoms with E-state index in [9.17, 15) is 0 Å². The van der Waals surface area contributed by atoms with Gasteiger partial charge in [0.1, 0.15) is 0 Å². The summed E-state index contributed by atoms with van der Waals surface area (Å²) >= 11 is 0. The molecule has 0 radical (unpaired) electrons. The fraction of sp³-hybridized carbons (Fsp3) is 0.647. The maximum absolute atomic E-state index is 2.33. The Kier molecular flexibility index (Phi) is 12.8. The Morgan fingerprint density at radius 1 is 0.941 bits per heavy atom. The molecule has 0 nitrogen and oxygen atoms in total. The van der Waals surface area contributed by atoms with Crippen LogP contribution in [0.2, 0.25) is 0 Å². The fourth-order valence-corrected chi connectivity index (χ4v) is 1.96. The average molecular weight is 236 g/mol. The zero-order valence-electron chi connectivity index (χ0n) is 13.2. The number of hydrogen-bond acceptors (Lipinski definition) is 0. The second-order valence-electron chi connectivity index (χ2n) is 3.64. The Hall–Kier alpha value is -0.780. The minimum atomic E-state index is 0.797. The molecule has 100 valence electrons. The van der Waals surface area contributed by atoms with E-state index in [1.54, 1.807) is 11.1 Å². The summed E-state index contributed by atoms with van der Waals surface area (Å²) in [6, 6.07) is 6.85. The van der Waals surface area contributed by atoms with E-state index in [1.807, 2.05) is 41.5 Å². The molecule has 1 aromatic rings. The van der Waals surface area contributed by atoms with Gasteiger partial charge >= 0.3 is 0 Å². The van der Waals surface area contributed by atoms with Crippen molar-refractivity contribution >= 4 is 0 Å². The van der Waals surface area contributed by atoms with E-state index in [0.29, 0.717) is 0 Å². The Labute approximate surface area is 109 Å². The standard InChI is InChI=1S/C11H14.3C2H6/c1-8-3-6-11-9(2)4-5-10(11)7-8;3*1-2/h3,6-7,9H,4-5H2,1-2H3;3*1-2H3. The predicted octanol–water partition coefficient (Wildman–Crippen LogP) is 6.12. The number of rotatable bonds is 0. The minimum Gasteiger partial charge on any atom is -0.0683 e. The first-order valence-electron chi connectivity index (χ1n) is 7.37. The highest BCUT2D eigenvalue weighted by atomic mass is 14.2. The molecule has 0 bridgehead atoms. The van der Waals surface area contributed by atoms with Gasteiger partial charge in [0.05, 0.1) is 0 Å². The van der Waals surface area contributed by atoms with Crippen molar-refractivity contribution in [1.82, 2.24) is 0 Å². The Bertz CT molecular complexity index is 273. The van der Waals surface area contributed by atoms with Crippen LogP contribution in [0.15, 0.2) is 18.2 Å². The monoisotopic (exact) mass is 236 g/mol. The fourth-order valence-electron chi connectivity index (χ4n) is 1.96. The quantitative estimate of drug-likeness (QED) is 0.509. The van der Waals surface area contributed by atoms with Crippen LogP contribution in [-0.2, 0) is 6.42 Å². The summed E-state index contributed by atoms with van der Waals surface area (Å²) in [5, 5.41) is 0. The SMILES string of the molecule is CC.CC.CC.Cc1ccc2c(c1)CCC2C. The molecule has 0 fully saturated rings. The highest BCUT2D eigenvalue weighted by Gasteiger charge is 2.17. The molecule has 1 atom stereocenters. The van der Waals surface area contributed by atoms with Gasteiger partial charge in [0.25, 0.3) is 0 Å². The normalized spacial score (nSPS) is 15.2. The van der Waals surface area contributed by atoms with Crippen LogP contribution in [0.5, 0.6) is 0 Å². The molecule has 0 heterocycles. The second-order valence-corrected chi connectivity index (χ2v) is 3.64. The molecule has 17 heavy (non-hydrogen) atoms. The summed E-state index contributed by atoms with van der Waals surface area (Å²) < 4.78 is 0. The van der Waals surface area contributed by atoms with Crippen molar-refractivity contribution in [2.24, 2.45) is 0 Å². The highest BCUT2D eigenvalue weighted by Crippen LogP contribution is 2.32. The Morgan fingerprint density at radius 2 is 1.47 bits per heavy atom. The molecular weight excluding hydrogens is 204 g/mol. The van der Waals surface area contributed by atoms with Crippen molar-refractivity contribution in [2.75, 3.05) is 0 Å². The third-order valence-corrected chi connectivity index (χ3v) is 2.68. The van der Waals surface area contributed by atoms with Gasteiger partial charge in [0.2, 0.25) is 0 Å². The minimum absolute atomic E-state index is 0.797. The van der Waals surface area contributed by atoms with Gasteiger partial charge in [-0.25, -0.2) is 0 Å². The molecule has 1 aromatic carbocycles. The first-order valence-corrected chi connectivity index (χ1v) is 7.37. The molecule has 1 unspecified atom stereocenters. The summed E-state index contributed by atoms with van der Waals surface area (Å²) in [7, 11) is 0. The lowest BCUT2D eigenvalue weighted by molar-refractivity contribution is 0.747. The molecule has 0 aliphatic heterocycles. The van der Waals surface area contributed by atoms with Crippen molar-refractivity contribution in [3.63, 3.8) is 0 Å². The molecule has 0 saturated heterocycles. The van der Waals surface area contributed by atoms with Crippen LogP contribution in [0.1, 0.15) is 77.5 Å². The number of fused-ring (bicyclic) bond motifs is 1. The third kappa shape index (κ3) is 5.91. The number of aryl methyl sites for hydroxylation is 2. The summed E-state index contributed by atoms with van der Waals surface area (Å²) in [4.78, 5) is 0. The topological polar surface area (TPSA) is 0 Å². The van der Waals surface area contributed by atoms with Gasteiger partial charge < -0.3 is 0 Å². The first-order chi connectivity index (χ1) is 8.27. The van der Waals surface area contributed by atoms with Crippen LogP contribution >= 0.6 is 0 Å². The van der Waals surface area contributed by atoms with Crippen LogP contribution in [-0.4, -0.2) is 0 Å². The molecule has 1 aliphatic rings. The molecule has 0 heteroatoms. The van der Waals surface area contributed by atoms with E-state index < -0.39 is 0 Å². The van der Waals surface area contributed by atoms with E-state index in [-0.39, 0.29) is 0 Å². The van der Waals surface area contributed by atoms with Crippen LogP contribution in [0.25, 0.3) is 0 Å². The van der Waals surface area contributed by atoms with Gasteiger partial charge in [-0.1, -0.05) is 72.2 Å². The first kappa shape index (κ1) is 18.6. The smallest absolute Gasteiger partial charge is 0.0184 e. The molecule has 1 aliphatic carbocycles. The van der Waals surface area contributed by atoms with Crippen LogP contribution in [0.4, 0.5) is 0 Å². The van der Waals surface area contributed by atoms with Crippen molar-refractivity contribution in [1.29, 1.82) is 0 Å². The van der Waals surface area contributed by atoms with E-state index in [2.05, 4.69) is 32.0 Å². The van der Waals surface area contributed by atoms with Gasteiger partial charge in [0.15, 0.2) is 0 Å². The lowest BCUT2D eigenvalue weighted by atomic mass is 10.0. The third-order valence-electron chi connectivity index (χ3n) is 2.68. The maximum Gasteiger partial charge on any atom is -0.0184 e. The zero-order valence-corrected chi connectivity index (χ0v) is 13.2. The highest BCUT2D eigenvalue weighted by molar-refractivity contribution is 5.37. The average Bonchev–Trinajstić information content (AvgIpc) is 2.78. The Balaban J connectivity index is 0. The molecule has 0 saturated carbocycles. The Morgan fingerprint density at radius 3 is 2.00 bits per heavy atom. The van der Waals surface area contributed by atoms with Gasteiger partial charge in [-0.3, -0.25) is 0 Å². The van der Waals surface area contributed by atoms with Crippen molar-refractivity contribution in [2.45, 2.75) is 74.1 Å². The molecule has 0 spiro atoms. The lowest BCUT2D eigenvalue weighted by Crippen LogP contribution is -1.85. The van der Waals surface area contributed by atoms with E-state index in [0.717, 1.165) is 5.92 Å². The van der Waals surface area contributed by atoms with Crippen LogP contribution in [0.3, 0.4) is 0 Å². The van der Waals surface area contributed by atoms with E-state index >= 15 is 0 Å². The predicted molar refractivity (Wildman–Crippen MR) is 82.0 cm³/mol. The zero-order chi connectivity index (χ0) is 13.8. The van der Waals surface area contributed by atoms with Gasteiger partial charge in [-0.15, -0.1) is 0 Å². The van der Waals surface area contributed by atoms with Crippen LogP contribution in [0, 0.1) is 6.92 Å². The molecule has 0 aromatic heterocycles. The second kappa shape index (κ2) is 11.7. The largest absolute Gasteiger partial charge is 0.0683 e. The summed E-state index contributed by atoms with van der Waals surface area (Å²) in [6.45, 7) is 16.5. The molecule has 0 N–H and O–H groups in total. The van der Waals surface area contributed by atoms with Gasteiger partial charge in [0, 0.05) is 0 Å². The molecule has 2 rings (SSSR count). The summed E-state index contributed by atoms with van der Waals surface area (Å²) in [5.41, 5.74) is 4.56. The van der Waals surface area contributed by atoms with Gasteiger partial charge in [-0.2, -0.15) is 0 Å². The van der Waals surface area contributed by atoms with E-state index in [4.69, 9.17) is 0 Å². The maximum atomic E-state index is 2.33. The number of benzene rings is 1. The van der Waals surface area contributed by atoms with Crippen molar-refractivity contribution in [3.05, 3.63) is 34.9 Å². The van der Waals surface area contributed by atoms with Crippen molar-refractivity contribution < 1.29 is 0 Å². The van der Waals surface area contributed by atoms with E-state index in [1.165, 1.54) is 18.4 Å². The van der Waals surface area contributed by atoms with Crippen molar-refractivity contribution in [3.8, 4) is 0 Å². The van der Waals surface area contributed by atoms with Crippen LogP contribution < -0.4 is 0 Å². The summed E-state index contributed by atoms with van der Waals surface area (Å²) in [6.07, 6.45) is 2.64. The molecule has 0 amide bonds. The lowest BCUT2D eigenvalue weighted by Gasteiger charge is -2.03.